The molecule has 0 aliphatic heterocycles. The molecular formula is C2H7CaNaO10P2. The number of carboxylic acids is 1. The van der Waals surface area contributed by atoms with Crippen molar-refractivity contribution in [2.24, 2.45) is 0 Å². The third-order valence-corrected chi connectivity index (χ3v) is 0. The Morgan fingerprint density at radius 2 is 1.00 bits per heavy atom. The summed E-state index contributed by atoms with van der Waals surface area (Å²) < 4.78 is 17.5. The molecule has 88 valence electrons. The predicted molar refractivity (Wildman–Crippen MR) is 40.5 cm³/mol. The molecule has 16 heavy (non-hydrogen) atoms. The molecule has 0 saturated carbocycles. The van der Waals surface area contributed by atoms with Crippen LogP contribution >= 0.6 is 15.6 Å². The zero-order valence-corrected chi connectivity index (χ0v) is 14.3. The molecule has 0 spiro atoms. The van der Waals surface area contributed by atoms with Gasteiger partial charge in [0.25, 0.3) is 15.6 Å². The molecule has 0 fully saturated rings. The van der Waals surface area contributed by atoms with Gasteiger partial charge in [-0.25, -0.2) is 0 Å². The Morgan fingerprint density at radius 3 is 1.00 bits per heavy atom. The van der Waals surface area contributed by atoms with Gasteiger partial charge < -0.3 is 39.3 Å². The standard InChI is InChI=1S/C2H4O2.Ca.Na.2H3O4P/c1-2(3)4;;;2*1-5(2,3)4/h1H3,(H,3,4);;;2*(H3,1,2,3,4)/q;+2;+1;;/p-3. The zero-order chi connectivity index (χ0) is 12.6. The van der Waals surface area contributed by atoms with E-state index in [4.69, 9.17) is 48.4 Å². The molecule has 10 nitrogen and oxygen atoms in total. The van der Waals surface area contributed by atoms with E-state index in [0.29, 0.717) is 0 Å². The van der Waals surface area contributed by atoms with Crippen molar-refractivity contribution >= 4 is 59.4 Å². The maximum absolute atomic E-state index is 8.89. The van der Waals surface area contributed by atoms with Crippen molar-refractivity contribution in [3.63, 3.8) is 0 Å². The SMILES string of the molecule is CC(=O)[O-].O=P([O-])(O)O.O=P([O-])(O)O.[Ca+2].[Na+]. The Morgan fingerprint density at radius 1 is 1.00 bits per heavy atom. The van der Waals surface area contributed by atoms with Crippen molar-refractivity contribution in [2.45, 2.75) is 6.92 Å². The number of phosphoric acid groups is 2. The summed E-state index contributed by atoms with van der Waals surface area (Å²) >= 11 is 0. The van der Waals surface area contributed by atoms with Gasteiger partial charge in [0.05, 0.1) is 0 Å². The van der Waals surface area contributed by atoms with Crippen LogP contribution in [0, 0.1) is 0 Å². The van der Waals surface area contributed by atoms with Crippen LogP contribution in [0.5, 0.6) is 0 Å². The third kappa shape index (κ3) is 938. The summed E-state index contributed by atoms with van der Waals surface area (Å²) in [6.07, 6.45) is 0. The van der Waals surface area contributed by atoms with Crippen molar-refractivity contribution in [2.75, 3.05) is 0 Å². The minimum atomic E-state index is -4.89. The molecule has 0 aromatic carbocycles. The van der Waals surface area contributed by atoms with Gasteiger partial charge in [0.2, 0.25) is 0 Å². The Kier molecular flexibility index (Phi) is 28.8. The van der Waals surface area contributed by atoms with E-state index >= 15 is 0 Å². The fourth-order valence-corrected chi connectivity index (χ4v) is 0. The third-order valence-electron chi connectivity index (χ3n) is 0. The first kappa shape index (κ1) is 30.8. The van der Waals surface area contributed by atoms with Crippen molar-refractivity contribution < 1.29 is 77.9 Å². The number of carbonyl (C=O) groups excluding carboxylic acids is 1. The summed E-state index contributed by atoms with van der Waals surface area (Å²) in [6, 6.07) is 0. The van der Waals surface area contributed by atoms with Gasteiger partial charge >= 0.3 is 67.3 Å². The van der Waals surface area contributed by atoms with Crippen LogP contribution in [0.2, 0.25) is 0 Å². The normalized spacial score (nSPS) is 8.94. The van der Waals surface area contributed by atoms with Crippen LogP contribution < -0.4 is 44.5 Å². The van der Waals surface area contributed by atoms with E-state index in [-0.39, 0.29) is 67.3 Å². The number of carbonyl (C=O) groups is 1. The topological polar surface area (TPSA) is 201 Å². The van der Waals surface area contributed by atoms with E-state index in [2.05, 4.69) is 0 Å². The zero-order valence-electron chi connectivity index (χ0n) is 8.34. The van der Waals surface area contributed by atoms with E-state index in [0.717, 1.165) is 6.92 Å². The maximum atomic E-state index is 8.89. The van der Waals surface area contributed by atoms with Crippen molar-refractivity contribution in [1.82, 2.24) is 0 Å². The Hall–Kier alpha value is 1.95. The van der Waals surface area contributed by atoms with Crippen molar-refractivity contribution in [3.05, 3.63) is 0 Å². The molecule has 0 amide bonds. The van der Waals surface area contributed by atoms with Gasteiger partial charge in [-0.2, -0.15) is 0 Å². The van der Waals surface area contributed by atoms with Crippen molar-refractivity contribution in [3.8, 4) is 0 Å². The number of aliphatic carboxylic acids is 1. The number of carboxylic acid groups (broad SMARTS) is 1. The van der Waals surface area contributed by atoms with Crippen LogP contribution in [0.4, 0.5) is 0 Å². The molecule has 0 aliphatic rings. The molecule has 0 heterocycles. The second kappa shape index (κ2) is 15.0. The van der Waals surface area contributed by atoms with Gasteiger partial charge in [-0.1, -0.05) is 0 Å². The minimum absolute atomic E-state index is 0. The van der Waals surface area contributed by atoms with Gasteiger partial charge in [0.15, 0.2) is 0 Å². The number of rotatable bonds is 0. The van der Waals surface area contributed by atoms with Crippen LogP contribution in [0.3, 0.4) is 0 Å². The van der Waals surface area contributed by atoms with Crippen LogP contribution in [-0.4, -0.2) is 63.3 Å². The molecule has 0 aromatic rings. The molecule has 14 heteroatoms. The molecule has 0 rings (SSSR count). The maximum Gasteiger partial charge on any atom is 2.00 e. The molecule has 0 unspecified atom stereocenters. The van der Waals surface area contributed by atoms with Crippen molar-refractivity contribution in [1.29, 1.82) is 0 Å². The molecule has 0 atom stereocenters. The molecular weight excluding hydrogens is 309 g/mol. The first-order valence-corrected chi connectivity index (χ1v) is 5.50. The minimum Gasteiger partial charge on any atom is -0.756 e. The monoisotopic (exact) mass is 316 g/mol. The first-order valence-electron chi connectivity index (χ1n) is 2.44. The number of hydrogen-bond acceptors (Lipinski definition) is 6. The average Bonchev–Trinajstić information content (AvgIpc) is 1.45. The summed E-state index contributed by atoms with van der Waals surface area (Å²) in [4.78, 5) is 54.7. The number of hydrogen-bond donors (Lipinski definition) is 4. The van der Waals surface area contributed by atoms with E-state index in [1.54, 1.807) is 0 Å². The molecule has 0 aromatic heterocycles. The van der Waals surface area contributed by atoms with Crippen LogP contribution in [0.25, 0.3) is 0 Å². The van der Waals surface area contributed by atoms with E-state index in [1.807, 2.05) is 0 Å². The molecule has 0 aliphatic carbocycles. The average molecular weight is 316 g/mol. The first-order chi connectivity index (χ1) is 5.73. The molecule has 0 radical (unpaired) electrons. The Labute approximate surface area is 142 Å². The smallest absolute Gasteiger partial charge is 0.756 e. The van der Waals surface area contributed by atoms with Gasteiger partial charge in [0.1, 0.15) is 0 Å². The fourth-order valence-electron chi connectivity index (χ4n) is 0. The van der Waals surface area contributed by atoms with Gasteiger partial charge in [-0.3, -0.25) is 9.13 Å². The van der Waals surface area contributed by atoms with E-state index < -0.39 is 21.6 Å². The Balaban J connectivity index is -0.0000000358. The van der Waals surface area contributed by atoms with Crippen LogP contribution in [-0.2, 0) is 13.9 Å². The second-order valence-corrected chi connectivity index (χ2v) is 3.44. The predicted octanol–water partition coefficient (Wildman–Crippen LogP) is -7.74. The quantitative estimate of drug-likeness (QED) is 0.245. The molecule has 0 saturated heterocycles. The summed E-state index contributed by atoms with van der Waals surface area (Å²) in [7, 11) is -9.78. The van der Waals surface area contributed by atoms with Gasteiger partial charge in [0, 0.05) is 5.97 Å². The molecule has 4 N–H and O–H groups in total. The summed E-state index contributed by atoms with van der Waals surface area (Å²) in [5.74, 6) is -1.08. The summed E-state index contributed by atoms with van der Waals surface area (Å²) in [6.45, 7) is 0.972. The summed E-state index contributed by atoms with van der Waals surface area (Å²) in [5, 5.41) is 8.89. The molecule has 0 bridgehead atoms. The van der Waals surface area contributed by atoms with E-state index in [1.165, 1.54) is 0 Å². The van der Waals surface area contributed by atoms with Gasteiger partial charge in [-0.15, -0.1) is 0 Å². The van der Waals surface area contributed by atoms with Crippen LogP contribution in [0.1, 0.15) is 6.92 Å². The van der Waals surface area contributed by atoms with Crippen LogP contribution in [0.15, 0.2) is 0 Å². The summed E-state index contributed by atoms with van der Waals surface area (Å²) in [5.41, 5.74) is 0. The fraction of sp³-hybridized carbons (Fsp3) is 0.500. The largest absolute Gasteiger partial charge is 2.00 e. The Bertz CT molecular complexity index is 203. The van der Waals surface area contributed by atoms with E-state index in [9.17, 15) is 0 Å². The second-order valence-electron chi connectivity index (χ2n) is 1.47. The van der Waals surface area contributed by atoms with Gasteiger partial charge in [-0.05, 0) is 6.92 Å².